The topological polar surface area (TPSA) is 55.1 Å². The number of unbranched alkanes of at least 4 members (excludes halogenated alkanes) is 5. The van der Waals surface area contributed by atoms with Crippen molar-refractivity contribution in [2.45, 2.75) is 51.4 Å². The Labute approximate surface area is 122 Å². The summed E-state index contributed by atoms with van der Waals surface area (Å²) in [5, 5.41) is 3.00. The summed E-state index contributed by atoms with van der Waals surface area (Å²) in [6.45, 7) is 3.33. The monoisotopic (exact) mass is 276 g/mol. The van der Waals surface area contributed by atoms with E-state index in [1.54, 1.807) is 0 Å². The lowest BCUT2D eigenvalue weighted by molar-refractivity contribution is -0.122. The van der Waals surface area contributed by atoms with E-state index in [0.717, 1.165) is 18.5 Å². The van der Waals surface area contributed by atoms with Gasteiger partial charge in [0, 0.05) is 13.1 Å². The molecule has 0 spiro atoms. The first-order chi connectivity index (χ1) is 9.79. The molecule has 112 valence electrons. The molecule has 0 aliphatic carbocycles. The van der Waals surface area contributed by atoms with Gasteiger partial charge in [0.05, 0.1) is 5.92 Å². The lowest BCUT2D eigenvalue weighted by atomic mass is 9.98. The van der Waals surface area contributed by atoms with E-state index in [0.29, 0.717) is 6.54 Å². The molecule has 1 amide bonds. The Morgan fingerprint density at radius 2 is 1.75 bits per heavy atom. The molecule has 20 heavy (non-hydrogen) atoms. The van der Waals surface area contributed by atoms with E-state index in [4.69, 9.17) is 5.73 Å². The third kappa shape index (κ3) is 6.20. The second-order valence-electron chi connectivity index (χ2n) is 5.26. The summed E-state index contributed by atoms with van der Waals surface area (Å²) in [7, 11) is 0. The summed E-state index contributed by atoms with van der Waals surface area (Å²) in [5.74, 6) is -0.177. The summed E-state index contributed by atoms with van der Waals surface area (Å²) in [6.07, 6.45) is 7.41. The van der Waals surface area contributed by atoms with E-state index in [1.165, 1.54) is 32.1 Å². The number of rotatable bonds is 10. The molecule has 0 fully saturated rings. The number of nitrogens with one attached hydrogen (secondary N) is 1. The Bertz CT molecular complexity index is 365. The van der Waals surface area contributed by atoms with Gasteiger partial charge in [0.1, 0.15) is 0 Å². The predicted octanol–water partition coefficient (Wildman–Crippen LogP) is 3.21. The van der Waals surface area contributed by atoms with Crippen molar-refractivity contribution in [2.75, 3.05) is 13.1 Å². The van der Waals surface area contributed by atoms with Crippen LogP contribution in [0.25, 0.3) is 0 Å². The molecular formula is C17H28N2O. The highest BCUT2D eigenvalue weighted by atomic mass is 16.1. The summed E-state index contributed by atoms with van der Waals surface area (Å²) in [5.41, 5.74) is 6.73. The first-order valence-electron chi connectivity index (χ1n) is 7.82. The van der Waals surface area contributed by atoms with Gasteiger partial charge in [-0.3, -0.25) is 4.79 Å². The van der Waals surface area contributed by atoms with Crippen molar-refractivity contribution in [1.29, 1.82) is 0 Å². The van der Waals surface area contributed by atoms with E-state index in [9.17, 15) is 4.79 Å². The fraction of sp³-hybridized carbons (Fsp3) is 0.588. The van der Waals surface area contributed by atoms with Gasteiger partial charge in [-0.1, -0.05) is 69.4 Å². The van der Waals surface area contributed by atoms with Crippen LogP contribution in [0.15, 0.2) is 30.3 Å². The van der Waals surface area contributed by atoms with Crippen LogP contribution in [0.3, 0.4) is 0 Å². The Balaban J connectivity index is 2.24. The number of carbonyl (C=O) groups is 1. The Morgan fingerprint density at radius 3 is 2.40 bits per heavy atom. The quantitative estimate of drug-likeness (QED) is 0.645. The van der Waals surface area contributed by atoms with Crippen molar-refractivity contribution in [2.24, 2.45) is 5.73 Å². The molecule has 0 heterocycles. The molecule has 1 aromatic carbocycles. The average Bonchev–Trinajstić information content (AvgIpc) is 2.48. The van der Waals surface area contributed by atoms with E-state index in [1.807, 2.05) is 30.3 Å². The number of hydrogen-bond donors (Lipinski definition) is 2. The van der Waals surface area contributed by atoms with Crippen molar-refractivity contribution in [3.05, 3.63) is 35.9 Å². The minimum atomic E-state index is -0.226. The zero-order valence-corrected chi connectivity index (χ0v) is 12.6. The van der Waals surface area contributed by atoms with E-state index >= 15 is 0 Å². The fourth-order valence-electron chi connectivity index (χ4n) is 2.32. The molecule has 1 atom stereocenters. The molecule has 0 bridgehead atoms. The summed E-state index contributed by atoms with van der Waals surface area (Å²) in [6, 6.07) is 9.76. The van der Waals surface area contributed by atoms with Gasteiger partial charge in [0.15, 0.2) is 0 Å². The van der Waals surface area contributed by atoms with Crippen LogP contribution in [0.5, 0.6) is 0 Å². The molecule has 1 unspecified atom stereocenters. The van der Waals surface area contributed by atoms with E-state index in [-0.39, 0.29) is 11.8 Å². The van der Waals surface area contributed by atoms with Gasteiger partial charge in [0.2, 0.25) is 5.91 Å². The van der Waals surface area contributed by atoms with Crippen LogP contribution in [0.2, 0.25) is 0 Å². The minimum absolute atomic E-state index is 0.0484. The smallest absolute Gasteiger partial charge is 0.228 e. The normalized spacial score (nSPS) is 12.1. The maximum absolute atomic E-state index is 12.1. The molecule has 3 nitrogen and oxygen atoms in total. The van der Waals surface area contributed by atoms with Crippen LogP contribution < -0.4 is 11.1 Å². The van der Waals surface area contributed by atoms with Crippen LogP contribution >= 0.6 is 0 Å². The first kappa shape index (κ1) is 16.7. The molecule has 1 rings (SSSR count). The van der Waals surface area contributed by atoms with Crippen LogP contribution in [-0.4, -0.2) is 19.0 Å². The summed E-state index contributed by atoms with van der Waals surface area (Å²) in [4.78, 5) is 12.1. The predicted molar refractivity (Wildman–Crippen MR) is 84.6 cm³/mol. The zero-order chi connectivity index (χ0) is 14.6. The molecule has 3 heteroatoms. The Kier molecular flexibility index (Phi) is 8.72. The SMILES string of the molecule is CCCCCCCCNC(=O)C(CN)c1ccccc1. The van der Waals surface area contributed by atoms with E-state index < -0.39 is 0 Å². The molecule has 0 aromatic heterocycles. The summed E-state index contributed by atoms with van der Waals surface area (Å²) >= 11 is 0. The van der Waals surface area contributed by atoms with Gasteiger partial charge in [-0.2, -0.15) is 0 Å². The standard InChI is InChI=1S/C17H28N2O/c1-2-3-4-5-6-10-13-19-17(20)16(14-18)15-11-8-7-9-12-15/h7-9,11-12,16H,2-6,10,13-14,18H2,1H3,(H,19,20). The van der Waals surface area contributed by atoms with Gasteiger partial charge < -0.3 is 11.1 Å². The van der Waals surface area contributed by atoms with Gasteiger partial charge in [-0.05, 0) is 12.0 Å². The first-order valence-corrected chi connectivity index (χ1v) is 7.82. The highest BCUT2D eigenvalue weighted by molar-refractivity contribution is 5.83. The van der Waals surface area contributed by atoms with Crippen LogP contribution in [0.1, 0.15) is 56.9 Å². The van der Waals surface area contributed by atoms with Crippen molar-refractivity contribution in [3.63, 3.8) is 0 Å². The van der Waals surface area contributed by atoms with Gasteiger partial charge in [-0.25, -0.2) is 0 Å². The van der Waals surface area contributed by atoms with Crippen molar-refractivity contribution in [3.8, 4) is 0 Å². The lowest BCUT2D eigenvalue weighted by Gasteiger charge is -2.15. The Morgan fingerprint density at radius 1 is 1.10 bits per heavy atom. The van der Waals surface area contributed by atoms with Crippen molar-refractivity contribution in [1.82, 2.24) is 5.32 Å². The van der Waals surface area contributed by atoms with Crippen molar-refractivity contribution >= 4 is 5.91 Å². The molecule has 0 saturated carbocycles. The van der Waals surface area contributed by atoms with Gasteiger partial charge in [-0.15, -0.1) is 0 Å². The van der Waals surface area contributed by atoms with Crippen LogP contribution in [-0.2, 0) is 4.79 Å². The molecule has 3 N–H and O–H groups in total. The maximum Gasteiger partial charge on any atom is 0.228 e. The fourth-order valence-corrected chi connectivity index (χ4v) is 2.32. The Hall–Kier alpha value is -1.35. The van der Waals surface area contributed by atoms with Gasteiger partial charge in [0.25, 0.3) is 0 Å². The average molecular weight is 276 g/mol. The third-order valence-electron chi connectivity index (χ3n) is 3.58. The minimum Gasteiger partial charge on any atom is -0.356 e. The molecular weight excluding hydrogens is 248 g/mol. The number of amides is 1. The molecule has 0 aliphatic heterocycles. The number of hydrogen-bond acceptors (Lipinski definition) is 2. The highest BCUT2D eigenvalue weighted by Gasteiger charge is 2.17. The highest BCUT2D eigenvalue weighted by Crippen LogP contribution is 2.14. The maximum atomic E-state index is 12.1. The summed E-state index contributed by atoms with van der Waals surface area (Å²) < 4.78 is 0. The third-order valence-corrected chi connectivity index (χ3v) is 3.58. The molecule has 0 saturated heterocycles. The molecule has 1 aromatic rings. The van der Waals surface area contributed by atoms with Crippen LogP contribution in [0.4, 0.5) is 0 Å². The molecule has 0 radical (unpaired) electrons. The lowest BCUT2D eigenvalue weighted by Crippen LogP contribution is -2.34. The second kappa shape index (κ2) is 10.4. The number of carbonyl (C=O) groups excluding carboxylic acids is 1. The number of benzene rings is 1. The second-order valence-corrected chi connectivity index (χ2v) is 5.26. The number of nitrogens with two attached hydrogens (primary N) is 1. The van der Waals surface area contributed by atoms with Crippen LogP contribution in [0, 0.1) is 0 Å². The largest absolute Gasteiger partial charge is 0.356 e. The molecule has 0 aliphatic rings. The van der Waals surface area contributed by atoms with Gasteiger partial charge >= 0.3 is 0 Å². The van der Waals surface area contributed by atoms with Crippen molar-refractivity contribution < 1.29 is 4.79 Å². The van der Waals surface area contributed by atoms with E-state index in [2.05, 4.69) is 12.2 Å². The zero-order valence-electron chi connectivity index (χ0n) is 12.6.